The van der Waals surface area contributed by atoms with E-state index in [4.69, 9.17) is 24.3 Å². The van der Waals surface area contributed by atoms with Crippen LogP contribution in [0.2, 0.25) is 0 Å². The average molecular weight is 610 g/mol. The highest BCUT2D eigenvalue weighted by atomic mass is 31.2. The van der Waals surface area contributed by atoms with E-state index in [9.17, 15) is 23.7 Å². The molecule has 1 aliphatic heterocycles. The number of rotatable bonds is 10. The number of hydrogen-bond donors (Lipinski definition) is 4. The van der Waals surface area contributed by atoms with E-state index in [1.54, 1.807) is 32.0 Å². The molecule has 2 unspecified atom stereocenters. The number of aliphatic hydroxyl groups is 1. The van der Waals surface area contributed by atoms with Gasteiger partial charge in [-0.25, -0.2) is 13.3 Å². The molecule has 3 aromatic rings. The summed E-state index contributed by atoms with van der Waals surface area (Å²) in [7, 11) is -4.41. The highest BCUT2D eigenvalue weighted by Gasteiger charge is 2.58. The van der Waals surface area contributed by atoms with Gasteiger partial charge < -0.3 is 24.8 Å². The van der Waals surface area contributed by atoms with Crippen molar-refractivity contribution in [3.05, 3.63) is 52.7 Å². The Labute approximate surface area is 238 Å². The minimum atomic E-state index is -4.41. The second-order valence-corrected chi connectivity index (χ2v) is 11.4. The zero-order chi connectivity index (χ0) is 30.8. The first-order valence-corrected chi connectivity index (χ1v) is 14.3. The number of alkyl halides is 1. The number of hydrogen-bond acceptors (Lipinski definition) is 10. The van der Waals surface area contributed by atoms with Crippen molar-refractivity contribution in [2.24, 2.45) is 0 Å². The van der Waals surface area contributed by atoms with E-state index < -0.39 is 73.3 Å². The van der Waals surface area contributed by atoms with Gasteiger partial charge in [-0.2, -0.15) is 10.1 Å². The number of para-hydroxylation sites is 1. The number of anilines is 1. The topological polar surface area (TPSA) is 180 Å². The summed E-state index contributed by atoms with van der Waals surface area (Å²) in [6, 6.07) is 6.72. The number of benzene rings is 1. The molecule has 226 valence electrons. The molecule has 6 atom stereocenters. The Bertz CT molecular complexity index is 1620. The van der Waals surface area contributed by atoms with E-state index in [-0.39, 0.29) is 17.3 Å². The smallest absolute Gasteiger partial charge is 0.459 e. The predicted molar refractivity (Wildman–Crippen MR) is 146 cm³/mol. The summed E-state index contributed by atoms with van der Waals surface area (Å²) in [6.07, 6.45) is -5.09. The van der Waals surface area contributed by atoms with Gasteiger partial charge in [-0.3, -0.25) is 23.7 Å². The Hall–Kier alpha value is -3.80. The number of aliphatic hydroxyl groups excluding tert-OH is 1. The summed E-state index contributed by atoms with van der Waals surface area (Å²) in [5.41, 5.74) is 1.48. The van der Waals surface area contributed by atoms with Crippen LogP contribution in [0.4, 0.5) is 14.7 Å². The van der Waals surface area contributed by atoms with Gasteiger partial charge in [0.1, 0.15) is 29.4 Å². The van der Waals surface area contributed by atoms with Crippen molar-refractivity contribution in [3.63, 3.8) is 0 Å². The van der Waals surface area contributed by atoms with E-state index in [0.717, 1.165) is 10.8 Å². The summed E-state index contributed by atoms with van der Waals surface area (Å²) in [4.78, 5) is 30.7. The molecule has 0 spiro atoms. The lowest BCUT2D eigenvalue weighted by Crippen LogP contribution is -2.42. The summed E-state index contributed by atoms with van der Waals surface area (Å²) >= 11 is 0. The van der Waals surface area contributed by atoms with Crippen molar-refractivity contribution in [1.29, 1.82) is 0 Å². The number of nitrogen functional groups attached to an aromatic ring is 1. The van der Waals surface area contributed by atoms with Crippen LogP contribution < -0.4 is 20.9 Å². The highest BCUT2D eigenvalue weighted by Crippen LogP contribution is 2.48. The lowest BCUT2D eigenvalue weighted by molar-refractivity contribution is -0.149. The molecule has 0 aliphatic carbocycles. The van der Waals surface area contributed by atoms with Crippen molar-refractivity contribution in [1.82, 2.24) is 19.6 Å². The Balaban J connectivity index is 1.64. The van der Waals surface area contributed by atoms with E-state index in [0.29, 0.717) is 0 Å². The third-order valence-corrected chi connectivity index (χ3v) is 7.75. The monoisotopic (exact) mass is 609 g/mol. The van der Waals surface area contributed by atoms with E-state index in [1.807, 2.05) is 0 Å². The lowest BCUT2D eigenvalue weighted by Gasteiger charge is -2.25. The molecule has 1 aromatic carbocycles. The molecule has 0 bridgehead atoms. The highest BCUT2D eigenvalue weighted by molar-refractivity contribution is 7.52. The predicted octanol–water partition coefficient (Wildman–Crippen LogP) is 2.57. The van der Waals surface area contributed by atoms with Crippen LogP contribution in [0.15, 0.2) is 41.3 Å². The standard InChI is InChI=1S/C26H30F2N5O8P/c1-5-11-26(28)20(34)18(40-24(26)33-12-17(27)19-21(33)30-25(29)31-22(19)35)13-38-42(37,41-16-9-7-6-8-10-16)32-15(4)23(36)39-14(2)3/h6-10,12,14-15,18,20,24,34H,13H2,1-4H3,(H,32,37)(H3,29,30,31,35)/t15-,18+,20-,24+,26?,42?/m0/s1. The number of nitrogens with two attached hydrogens (primary N) is 1. The summed E-state index contributed by atoms with van der Waals surface area (Å²) in [5, 5.41) is 12.9. The van der Waals surface area contributed by atoms with Crippen molar-refractivity contribution in [2.45, 2.75) is 63.9 Å². The summed E-state index contributed by atoms with van der Waals surface area (Å²) in [5.74, 6) is 2.57. The normalized spacial score (nSPS) is 24.1. The average Bonchev–Trinajstić information content (AvgIpc) is 3.36. The quantitative estimate of drug-likeness (QED) is 0.151. The van der Waals surface area contributed by atoms with Gasteiger partial charge in [0, 0.05) is 6.20 Å². The molecule has 1 saturated heterocycles. The maximum absolute atomic E-state index is 16.4. The third kappa shape index (κ3) is 6.33. The number of nitrogens with one attached hydrogen (secondary N) is 2. The molecule has 1 aliphatic rings. The number of halogens is 2. The zero-order valence-electron chi connectivity index (χ0n) is 23.0. The molecule has 0 saturated carbocycles. The fourth-order valence-electron chi connectivity index (χ4n) is 4.29. The molecule has 42 heavy (non-hydrogen) atoms. The van der Waals surface area contributed by atoms with Gasteiger partial charge in [0.25, 0.3) is 5.56 Å². The van der Waals surface area contributed by atoms with Crippen LogP contribution in [0, 0.1) is 17.7 Å². The summed E-state index contributed by atoms with van der Waals surface area (Å²) < 4.78 is 67.7. The van der Waals surface area contributed by atoms with Crippen LogP contribution in [0.25, 0.3) is 11.0 Å². The number of fused-ring (bicyclic) bond motifs is 1. The number of aromatic nitrogens is 3. The second-order valence-electron chi connectivity index (χ2n) is 9.68. The van der Waals surface area contributed by atoms with Crippen LogP contribution in [-0.2, 0) is 23.4 Å². The third-order valence-electron chi connectivity index (χ3n) is 6.10. The SMILES string of the molecule is CC#CC1(F)[C@@H](O)[C@@H](COP(=O)(N[C@@H](C)C(=O)OC(C)C)Oc2ccccc2)O[C@H]1n1cc(F)c2c(=O)[nH]c(N)nc21. The van der Waals surface area contributed by atoms with Crippen molar-refractivity contribution < 1.29 is 41.8 Å². The Kier molecular flexibility index (Phi) is 9.05. The Morgan fingerprint density at radius 2 is 2.05 bits per heavy atom. The molecular weight excluding hydrogens is 579 g/mol. The first-order valence-electron chi connectivity index (χ1n) is 12.8. The fraction of sp³-hybridized carbons (Fsp3) is 0.423. The second kappa shape index (κ2) is 12.2. The molecule has 0 amide bonds. The molecule has 1 fully saturated rings. The molecule has 13 nitrogen and oxygen atoms in total. The van der Waals surface area contributed by atoms with Gasteiger partial charge >= 0.3 is 13.7 Å². The van der Waals surface area contributed by atoms with Crippen LogP contribution in [0.3, 0.4) is 0 Å². The van der Waals surface area contributed by atoms with Gasteiger partial charge in [-0.1, -0.05) is 24.1 Å². The van der Waals surface area contributed by atoms with E-state index in [1.165, 1.54) is 26.0 Å². The van der Waals surface area contributed by atoms with Crippen LogP contribution in [0.1, 0.15) is 33.9 Å². The number of carbonyl (C=O) groups excluding carboxylic acids is 1. The molecule has 3 heterocycles. The molecule has 5 N–H and O–H groups in total. The Morgan fingerprint density at radius 1 is 1.36 bits per heavy atom. The number of aromatic amines is 1. The first-order chi connectivity index (χ1) is 19.8. The number of nitrogens with zero attached hydrogens (tertiary/aromatic N) is 2. The van der Waals surface area contributed by atoms with Crippen LogP contribution in [0.5, 0.6) is 5.75 Å². The van der Waals surface area contributed by atoms with Crippen LogP contribution in [-0.4, -0.2) is 62.2 Å². The largest absolute Gasteiger partial charge is 0.462 e. The maximum Gasteiger partial charge on any atom is 0.459 e. The number of esters is 1. The van der Waals surface area contributed by atoms with Crippen molar-refractivity contribution >= 4 is 30.7 Å². The fourth-order valence-corrected chi connectivity index (χ4v) is 5.80. The molecule has 16 heteroatoms. The van der Waals surface area contributed by atoms with Gasteiger partial charge in [-0.15, -0.1) is 5.92 Å². The first kappa shape index (κ1) is 31.1. The molecular formula is C26H30F2N5O8P. The minimum absolute atomic E-state index is 0.114. The minimum Gasteiger partial charge on any atom is -0.462 e. The van der Waals surface area contributed by atoms with Gasteiger partial charge in [0.05, 0.1) is 12.7 Å². The maximum atomic E-state index is 16.4. The van der Waals surface area contributed by atoms with E-state index in [2.05, 4.69) is 26.9 Å². The number of carbonyl (C=O) groups is 1. The Morgan fingerprint density at radius 3 is 2.69 bits per heavy atom. The number of H-pyrrole nitrogens is 1. The molecule has 0 radical (unpaired) electrons. The van der Waals surface area contributed by atoms with Crippen molar-refractivity contribution in [2.75, 3.05) is 12.3 Å². The van der Waals surface area contributed by atoms with Gasteiger partial charge in [0.15, 0.2) is 17.7 Å². The number of ether oxygens (including phenoxy) is 2. The van der Waals surface area contributed by atoms with Gasteiger partial charge in [-0.05, 0) is 39.8 Å². The van der Waals surface area contributed by atoms with Crippen LogP contribution >= 0.6 is 7.75 Å². The zero-order valence-corrected chi connectivity index (χ0v) is 23.9. The van der Waals surface area contributed by atoms with Crippen molar-refractivity contribution in [3.8, 4) is 17.6 Å². The molecule has 4 rings (SSSR count). The lowest BCUT2D eigenvalue weighted by atomic mass is 9.96. The summed E-state index contributed by atoms with van der Waals surface area (Å²) in [6.45, 7) is 5.22. The molecule has 2 aromatic heterocycles. The van der Waals surface area contributed by atoms with E-state index >= 15 is 4.39 Å². The van der Waals surface area contributed by atoms with Gasteiger partial charge in [0.2, 0.25) is 11.6 Å².